The number of aliphatic hydroxyl groups excluding tert-OH is 1. The van der Waals surface area contributed by atoms with Gasteiger partial charge in [0.15, 0.2) is 5.13 Å². The maximum atomic E-state index is 13.7. The summed E-state index contributed by atoms with van der Waals surface area (Å²) in [6.07, 6.45) is 0.366. The molecule has 2 atom stereocenters. The number of halogens is 2. The lowest BCUT2D eigenvalue weighted by molar-refractivity contribution is -0.117. The number of thiazole rings is 1. The highest BCUT2D eigenvalue weighted by Crippen LogP contribution is 2.26. The average Bonchev–Trinajstić information content (AvgIpc) is 3.08. The van der Waals surface area contributed by atoms with E-state index in [0.717, 1.165) is 10.6 Å². The van der Waals surface area contributed by atoms with Gasteiger partial charge < -0.3 is 15.7 Å². The van der Waals surface area contributed by atoms with E-state index >= 15 is 0 Å². The molecule has 1 aliphatic heterocycles. The highest BCUT2D eigenvalue weighted by Gasteiger charge is 2.28. The molecular weight excluding hydrogens is 353 g/mol. The Morgan fingerprint density at radius 2 is 2.25 bits per heavy atom. The smallest absolute Gasteiger partial charge is 0.243 e. The number of amides is 1. The van der Waals surface area contributed by atoms with Crippen LogP contribution in [0.3, 0.4) is 0 Å². The molecular formula is C16H19ClFN3O2S. The van der Waals surface area contributed by atoms with Gasteiger partial charge in [-0.05, 0) is 25.0 Å². The van der Waals surface area contributed by atoms with Gasteiger partial charge in [-0.25, -0.2) is 9.37 Å². The number of benzene rings is 1. The Labute approximate surface area is 149 Å². The van der Waals surface area contributed by atoms with Gasteiger partial charge in [0.05, 0.1) is 17.8 Å². The van der Waals surface area contributed by atoms with E-state index in [4.69, 9.17) is 0 Å². The molecule has 130 valence electrons. The van der Waals surface area contributed by atoms with Crippen LogP contribution in [0.5, 0.6) is 0 Å². The first-order valence-corrected chi connectivity index (χ1v) is 8.26. The minimum atomic E-state index is -0.486. The van der Waals surface area contributed by atoms with Gasteiger partial charge in [-0.2, -0.15) is 0 Å². The molecule has 1 aliphatic rings. The lowest BCUT2D eigenvalue weighted by atomic mass is 10.1. The van der Waals surface area contributed by atoms with Gasteiger partial charge in [-0.15, -0.1) is 23.7 Å². The van der Waals surface area contributed by atoms with Crippen molar-refractivity contribution in [2.45, 2.75) is 31.9 Å². The lowest BCUT2D eigenvalue weighted by Gasteiger charge is -2.08. The van der Waals surface area contributed by atoms with Crippen LogP contribution < -0.4 is 10.6 Å². The van der Waals surface area contributed by atoms with Gasteiger partial charge in [-0.3, -0.25) is 4.79 Å². The Bertz CT molecular complexity index is 725. The summed E-state index contributed by atoms with van der Waals surface area (Å²) >= 11 is 1.35. The van der Waals surface area contributed by atoms with E-state index < -0.39 is 12.1 Å². The first-order chi connectivity index (χ1) is 11.0. The van der Waals surface area contributed by atoms with Crippen molar-refractivity contribution in [3.05, 3.63) is 46.2 Å². The molecule has 0 bridgehead atoms. The maximum Gasteiger partial charge on any atom is 0.243 e. The Morgan fingerprint density at radius 1 is 1.50 bits per heavy atom. The minimum Gasteiger partial charge on any atom is -0.392 e. The van der Waals surface area contributed by atoms with Gasteiger partial charge in [-0.1, -0.05) is 18.2 Å². The summed E-state index contributed by atoms with van der Waals surface area (Å²) in [6.45, 7) is 2.27. The molecule has 2 aromatic rings. The fraction of sp³-hybridized carbons (Fsp3) is 0.375. The van der Waals surface area contributed by atoms with Crippen LogP contribution in [-0.2, 0) is 11.2 Å². The fourth-order valence-corrected chi connectivity index (χ4v) is 3.56. The zero-order valence-corrected chi connectivity index (χ0v) is 14.7. The van der Waals surface area contributed by atoms with Gasteiger partial charge >= 0.3 is 0 Å². The van der Waals surface area contributed by atoms with Crippen molar-refractivity contribution in [1.82, 2.24) is 10.3 Å². The summed E-state index contributed by atoms with van der Waals surface area (Å²) < 4.78 is 13.7. The van der Waals surface area contributed by atoms with Crippen molar-refractivity contribution in [1.29, 1.82) is 0 Å². The first kappa shape index (κ1) is 18.8. The largest absolute Gasteiger partial charge is 0.392 e. The summed E-state index contributed by atoms with van der Waals surface area (Å²) in [5.41, 5.74) is 1.39. The normalized spacial score (nSPS) is 19.8. The number of hydrogen-bond acceptors (Lipinski definition) is 5. The van der Waals surface area contributed by atoms with Gasteiger partial charge in [0.1, 0.15) is 5.82 Å². The van der Waals surface area contributed by atoms with Crippen molar-refractivity contribution in [2.24, 2.45) is 0 Å². The molecule has 0 saturated carbocycles. The van der Waals surface area contributed by atoms with Crippen LogP contribution in [0.15, 0.2) is 24.3 Å². The fourth-order valence-electron chi connectivity index (χ4n) is 2.57. The molecule has 1 aromatic carbocycles. The molecule has 2 heterocycles. The molecule has 3 N–H and O–H groups in total. The highest BCUT2D eigenvalue weighted by atomic mass is 35.5. The van der Waals surface area contributed by atoms with Crippen LogP contribution in [0.1, 0.15) is 22.6 Å². The zero-order chi connectivity index (χ0) is 16.4. The van der Waals surface area contributed by atoms with E-state index in [0.29, 0.717) is 30.1 Å². The van der Waals surface area contributed by atoms with Crippen molar-refractivity contribution in [2.75, 3.05) is 11.9 Å². The number of aliphatic hydroxyl groups is 1. The quantitative estimate of drug-likeness (QED) is 0.770. The van der Waals surface area contributed by atoms with Crippen LogP contribution >= 0.6 is 23.7 Å². The number of hydrogen-bond donors (Lipinski definition) is 3. The van der Waals surface area contributed by atoms with Crippen LogP contribution in [-0.4, -0.2) is 34.7 Å². The first-order valence-electron chi connectivity index (χ1n) is 7.45. The predicted molar refractivity (Wildman–Crippen MR) is 94.3 cm³/mol. The Kier molecular flexibility index (Phi) is 6.28. The number of aryl methyl sites for hydroxylation is 1. The molecule has 0 spiro atoms. The Balaban J connectivity index is 0.00000208. The standard InChI is InChI=1S/C16H18FN3O2S.ClH/c1-9-14(6-10-4-2-3-5-12(10)17)23-16(19-9)20-15(22)13-7-11(21)8-18-13;/h2-5,11,13,18,21H,6-8H2,1H3,(H,19,20,22);1H/t11-,13+;/m0./s1. The minimum absolute atomic E-state index is 0. The third-order valence-electron chi connectivity index (χ3n) is 3.86. The van der Waals surface area contributed by atoms with E-state index in [1.54, 1.807) is 18.2 Å². The van der Waals surface area contributed by atoms with Gasteiger partial charge in [0, 0.05) is 17.8 Å². The second kappa shape index (κ2) is 8.02. The third-order valence-corrected chi connectivity index (χ3v) is 4.93. The number of anilines is 1. The number of carbonyl (C=O) groups is 1. The SMILES string of the molecule is Cc1nc(NC(=O)[C@H]2C[C@H](O)CN2)sc1Cc1ccccc1F.Cl. The van der Waals surface area contributed by atoms with E-state index in [1.165, 1.54) is 17.4 Å². The van der Waals surface area contributed by atoms with Crippen LogP contribution in [0.4, 0.5) is 9.52 Å². The molecule has 1 aromatic heterocycles. The summed E-state index contributed by atoms with van der Waals surface area (Å²) in [5, 5.41) is 15.7. The van der Waals surface area contributed by atoms with Crippen molar-refractivity contribution >= 4 is 34.8 Å². The van der Waals surface area contributed by atoms with E-state index in [2.05, 4.69) is 15.6 Å². The molecule has 0 radical (unpaired) electrons. The average molecular weight is 372 g/mol. The summed E-state index contributed by atoms with van der Waals surface area (Å²) in [4.78, 5) is 17.4. The van der Waals surface area contributed by atoms with Gasteiger partial charge in [0.25, 0.3) is 0 Å². The molecule has 24 heavy (non-hydrogen) atoms. The van der Waals surface area contributed by atoms with E-state index in [-0.39, 0.29) is 24.1 Å². The molecule has 1 saturated heterocycles. The lowest BCUT2D eigenvalue weighted by Crippen LogP contribution is -2.35. The monoisotopic (exact) mass is 371 g/mol. The molecule has 0 unspecified atom stereocenters. The summed E-state index contributed by atoms with van der Waals surface area (Å²) in [7, 11) is 0. The maximum absolute atomic E-state index is 13.7. The van der Waals surface area contributed by atoms with Crippen molar-refractivity contribution in [3.63, 3.8) is 0 Å². The molecule has 5 nitrogen and oxygen atoms in total. The zero-order valence-electron chi connectivity index (χ0n) is 13.1. The number of aromatic nitrogens is 1. The number of β-amino-alcohol motifs (C(OH)–C–C–N with tert-alkyl or cyclic N) is 1. The highest BCUT2D eigenvalue weighted by molar-refractivity contribution is 7.15. The number of nitrogens with zero attached hydrogens (tertiary/aromatic N) is 1. The molecule has 3 rings (SSSR count). The van der Waals surface area contributed by atoms with Crippen LogP contribution in [0.25, 0.3) is 0 Å². The van der Waals surface area contributed by atoms with Crippen LogP contribution in [0.2, 0.25) is 0 Å². The number of nitrogens with one attached hydrogen (secondary N) is 2. The van der Waals surface area contributed by atoms with Crippen molar-refractivity contribution in [3.8, 4) is 0 Å². The molecule has 1 amide bonds. The summed E-state index contributed by atoms with van der Waals surface area (Å²) in [6, 6.07) is 6.24. The van der Waals surface area contributed by atoms with E-state index in [9.17, 15) is 14.3 Å². The molecule has 0 aliphatic carbocycles. The van der Waals surface area contributed by atoms with E-state index in [1.807, 2.05) is 6.92 Å². The number of carbonyl (C=O) groups excluding carboxylic acids is 1. The van der Waals surface area contributed by atoms with Crippen molar-refractivity contribution < 1.29 is 14.3 Å². The molecule has 8 heteroatoms. The predicted octanol–water partition coefficient (Wildman–Crippen LogP) is 2.26. The Hall–Kier alpha value is -1.54. The van der Waals surface area contributed by atoms with Crippen LogP contribution in [0, 0.1) is 12.7 Å². The molecule has 1 fully saturated rings. The third kappa shape index (κ3) is 4.30. The number of rotatable bonds is 4. The summed E-state index contributed by atoms with van der Waals surface area (Å²) in [5.74, 6) is -0.442. The topological polar surface area (TPSA) is 74.2 Å². The second-order valence-corrected chi connectivity index (χ2v) is 6.72. The Morgan fingerprint density at radius 3 is 2.92 bits per heavy atom. The van der Waals surface area contributed by atoms with Gasteiger partial charge in [0.2, 0.25) is 5.91 Å². The second-order valence-electron chi connectivity index (χ2n) is 5.64.